The highest BCUT2D eigenvalue weighted by Gasteiger charge is 2.68. The quantitative estimate of drug-likeness (QED) is 0.680. The van der Waals surface area contributed by atoms with Crippen LogP contribution in [-0.2, 0) is 30.9 Å². The topological polar surface area (TPSA) is 106 Å². The lowest BCUT2D eigenvalue weighted by Crippen LogP contribution is -2.69. The fraction of sp³-hybridized carbons (Fsp3) is 0.565. The first-order valence-electron chi connectivity index (χ1n) is 10.6. The van der Waals surface area contributed by atoms with E-state index in [1.807, 2.05) is 27.0 Å². The van der Waals surface area contributed by atoms with Crippen molar-refractivity contribution in [2.45, 2.75) is 69.8 Å². The van der Waals surface area contributed by atoms with Gasteiger partial charge in [0.15, 0.2) is 23.7 Å². The van der Waals surface area contributed by atoms with E-state index in [0.29, 0.717) is 12.2 Å². The summed E-state index contributed by atoms with van der Waals surface area (Å²) in [6.07, 6.45) is 0.647. The fourth-order valence-electron chi connectivity index (χ4n) is 5.39. The minimum Gasteiger partial charge on any atom is -0.504 e. The minimum atomic E-state index is -1.20. The zero-order valence-corrected chi connectivity index (χ0v) is 18.5. The predicted molar refractivity (Wildman–Crippen MR) is 111 cm³/mol. The van der Waals surface area contributed by atoms with Crippen molar-refractivity contribution in [3.63, 3.8) is 0 Å². The lowest BCUT2D eigenvalue weighted by atomic mass is 9.54. The molecule has 1 aromatic rings. The Morgan fingerprint density at radius 3 is 2.74 bits per heavy atom. The van der Waals surface area contributed by atoms with Gasteiger partial charge in [-0.2, -0.15) is 0 Å². The number of ether oxygens (including phenoxy) is 3. The lowest BCUT2D eigenvalue weighted by molar-refractivity contribution is -0.166. The number of benzene rings is 1. The number of carbonyl (C=O) groups excluding carboxylic acids is 2. The molecular weight excluding hydrogens is 402 g/mol. The molecule has 0 radical (unpaired) electrons. The maximum atomic E-state index is 12.5. The van der Waals surface area contributed by atoms with Crippen molar-refractivity contribution in [1.82, 2.24) is 4.90 Å². The number of hydrogen-bond acceptors (Lipinski definition) is 8. The second-order valence-electron chi connectivity index (χ2n) is 8.85. The summed E-state index contributed by atoms with van der Waals surface area (Å²) in [5, 5.41) is 22.6. The third-order valence-electron chi connectivity index (χ3n) is 7.16. The Hall–Kier alpha value is -2.58. The summed E-state index contributed by atoms with van der Waals surface area (Å²) in [4.78, 5) is 25.8. The molecule has 0 bridgehead atoms. The van der Waals surface area contributed by atoms with Crippen LogP contribution in [0.4, 0.5) is 0 Å². The fourth-order valence-corrected chi connectivity index (χ4v) is 5.39. The van der Waals surface area contributed by atoms with E-state index < -0.39 is 35.2 Å². The van der Waals surface area contributed by atoms with Crippen molar-refractivity contribution in [3.8, 4) is 11.5 Å². The van der Waals surface area contributed by atoms with Crippen LogP contribution < -0.4 is 4.74 Å². The number of phenols is 1. The first-order chi connectivity index (χ1) is 14.5. The van der Waals surface area contributed by atoms with Gasteiger partial charge >= 0.3 is 11.9 Å². The summed E-state index contributed by atoms with van der Waals surface area (Å²) in [6, 6.07) is 3.28. The van der Waals surface area contributed by atoms with E-state index in [9.17, 15) is 19.8 Å². The molecular formula is C23H29NO7. The molecule has 1 aromatic carbocycles. The minimum absolute atomic E-state index is 0.0158. The molecule has 0 aromatic heterocycles. The molecule has 0 saturated carbocycles. The number of rotatable bonds is 5. The van der Waals surface area contributed by atoms with Crippen molar-refractivity contribution >= 4 is 11.9 Å². The smallest absolute Gasteiger partial charge is 0.352 e. The van der Waals surface area contributed by atoms with Crippen LogP contribution in [0.15, 0.2) is 24.0 Å². The van der Waals surface area contributed by atoms with Crippen molar-refractivity contribution in [2.75, 3.05) is 13.6 Å². The second kappa shape index (κ2) is 7.24. The summed E-state index contributed by atoms with van der Waals surface area (Å²) in [5.41, 5.74) is -0.395. The first kappa shape index (κ1) is 21.6. The van der Waals surface area contributed by atoms with Crippen LogP contribution in [0.5, 0.6) is 11.5 Å². The summed E-state index contributed by atoms with van der Waals surface area (Å²) in [6.45, 7) is 7.34. The van der Waals surface area contributed by atoms with E-state index in [2.05, 4.69) is 4.90 Å². The first-order valence-corrected chi connectivity index (χ1v) is 10.6. The molecule has 0 amide bonds. The number of carbonyl (C=O) groups is 2. The molecule has 3 aliphatic rings. The molecule has 0 fully saturated rings. The number of aromatic hydroxyl groups is 1. The largest absolute Gasteiger partial charge is 0.504 e. The summed E-state index contributed by atoms with van der Waals surface area (Å²) < 4.78 is 16.7. The number of hydrogen-bond donors (Lipinski definition) is 2. The summed E-state index contributed by atoms with van der Waals surface area (Å²) >= 11 is 0. The maximum Gasteiger partial charge on any atom is 0.352 e. The summed E-state index contributed by atoms with van der Waals surface area (Å²) in [7, 11) is 1.98. The van der Waals surface area contributed by atoms with Gasteiger partial charge in [0.2, 0.25) is 0 Å². The van der Waals surface area contributed by atoms with Crippen molar-refractivity contribution < 1.29 is 34.0 Å². The number of phenolic OH excluding ortho intramolecular Hbond substituents is 1. The number of aliphatic hydroxyl groups is 1. The summed E-state index contributed by atoms with van der Waals surface area (Å²) in [5.74, 6) is -0.758. The average Bonchev–Trinajstić information content (AvgIpc) is 3.05. The molecule has 0 spiro atoms. The van der Waals surface area contributed by atoms with Crippen molar-refractivity contribution in [1.29, 1.82) is 0 Å². The lowest BCUT2D eigenvalue weighted by Gasteiger charge is -2.56. The standard InChI is InChI=1S/C23H29NO7/c1-6-24(5)17-11-14-7-8-15(26)19-18(14)22(4)20(31-19)16(9-10-23(17,22)28)30-21(27)12(2)29-13(3)25/h7-9,12,17,20,26,28H,6,10-11H2,1-5H3/t12-,17+,20-,22-,23+/m0/s1. The molecule has 4 rings (SSSR count). The SMILES string of the molecule is CCN(C)[C@@H]1Cc2ccc(O)c3c2[C@@]2(C)[C@@H](O3)C(OC(=O)[C@H](C)OC(C)=O)=CC[C@@]12O. The van der Waals surface area contributed by atoms with Crippen molar-refractivity contribution in [3.05, 3.63) is 35.1 Å². The van der Waals surface area contributed by atoms with E-state index >= 15 is 0 Å². The van der Waals surface area contributed by atoms with Crippen LogP contribution in [0.1, 0.15) is 45.2 Å². The van der Waals surface area contributed by atoms with E-state index in [1.165, 1.54) is 13.8 Å². The van der Waals surface area contributed by atoms with E-state index in [1.54, 1.807) is 12.1 Å². The zero-order chi connectivity index (χ0) is 22.7. The van der Waals surface area contributed by atoms with Gasteiger partial charge in [-0.15, -0.1) is 0 Å². The van der Waals surface area contributed by atoms with Crippen LogP contribution in [-0.4, -0.2) is 64.5 Å². The molecule has 8 nitrogen and oxygen atoms in total. The van der Waals surface area contributed by atoms with E-state index in [0.717, 1.165) is 17.7 Å². The Morgan fingerprint density at radius 1 is 1.39 bits per heavy atom. The van der Waals surface area contributed by atoms with Gasteiger partial charge in [0.1, 0.15) is 5.76 Å². The zero-order valence-electron chi connectivity index (χ0n) is 18.5. The predicted octanol–water partition coefficient (Wildman–Crippen LogP) is 1.80. The Kier molecular flexibility index (Phi) is 5.05. The van der Waals surface area contributed by atoms with Gasteiger partial charge in [0.05, 0.1) is 11.0 Å². The Bertz CT molecular complexity index is 973. The van der Waals surface area contributed by atoms with Crippen LogP contribution in [0, 0.1) is 0 Å². The molecule has 168 valence electrons. The van der Waals surface area contributed by atoms with Gasteiger partial charge in [-0.05, 0) is 51.6 Å². The molecule has 5 atom stereocenters. The highest BCUT2D eigenvalue weighted by molar-refractivity contribution is 5.79. The van der Waals surface area contributed by atoms with Crippen LogP contribution >= 0.6 is 0 Å². The van der Waals surface area contributed by atoms with Crippen LogP contribution in [0.25, 0.3) is 0 Å². The van der Waals surface area contributed by atoms with Gasteiger partial charge in [-0.25, -0.2) is 4.79 Å². The third kappa shape index (κ3) is 2.96. The monoisotopic (exact) mass is 431 g/mol. The average molecular weight is 431 g/mol. The maximum absolute atomic E-state index is 12.5. The molecule has 8 heteroatoms. The third-order valence-corrected chi connectivity index (χ3v) is 7.16. The molecule has 2 N–H and O–H groups in total. The normalized spacial score (nSPS) is 31.4. The van der Waals surface area contributed by atoms with E-state index in [-0.39, 0.29) is 24.0 Å². The highest BCUT2D eigenvalue weighted by atomic mass is 16.6. The van der Waals surface area contributed by atoms with Gasteiger partial charge in [-0.1, -0.05) is 13.0 Å². The van der Waals surface area contributed by atoms with Gasteiger partial charge in [-0.3, -0.25) is 4.79 Å². The Labute approximate surface area is 181 Å². The van der Waals surface area contributed by atoms with Crippen molar-refractivity contribution in [2.24, 2.45) is 0 Å². The Morgan fingerprint density at radius 2 is 2.10 bits per heavy atom. The second-order valence-corrected chi connectivity index (χ2v) is 8.85. The molecule has 1 heterocycles. The van der Waals surface area contributed by atoms with E-state index in [4.69, 9.17) is 14.2 Å². The number of nitrogens with zero attached hydrogens (tertiary/aromatic N) is 1. The van der Waals surface area contributed by atoms with Crippen LogP contribution in [0.2, 0.25) is 0 Å². The number of likely N-dealkylation sites (N-methyl/N-ethyl adjacent to an activating group) is 1. The highest BCUT2D eigenvalue weighted by Crippen LogP contribution is 2.62. The van der Waals surface area contributed by atoms with Crippen LogP contribution in [0.3, 0.4) is 0 Å². The Balaban J connectivity index is 1.79. The molecule has 0 saturated heterocycles. The molecule has 0 unspecified atom stereocenters. The van der Waals surface area contributed by atoms with Gasteiger partial charge in [0.25, 0.3) is 0 Å². The molecule has 1 aliphatic heterocycles. The van der Waals surface area contributed by atoms with Gasteiger partial charge < -0.3 is 29.3 Å². The molecule has 2 aliphatic carbocycles. The number of esters is 2. The van der Waals surface area contributed by atoms with Gasteiger partial charge in [0, 0.05) is 24.9 Å². The molecule has 31 heavy (non-hydrogen) atoms.